The first kappa shape index (κ1) is 12.7. The molecule has 0 nitrogen and oxygen atoms in total. The molecule has 2 aromatic carbocycles. The summed E-state index contributed by atoms with van der Waals surface area (Å²) in [7, 11) is 0. The van der Waals surface area contributed by atoms with E-state index in [-0.39, 0.29) is 0 Å². The first-order valence-electron chi connectivity index (χ1n) is 6.73. The largest absolute Gasteiger partial charge is 0.0619 e. The molecular formula is C18H17Br. The summed E-state index contributed by atoms with van der Waals surface area (Å²) < 4.78 is 1.20. The molecule has 1 heteroatoms. The van der Waals surface area contributed by atoms with Gasteiger partial charge in [-0.1, -0.05) is 83.9 Å². The van der Waals surface area contributed by atoms with Crippen LogP contribution in [0.4, 0.5) is 0 Å². The zero-order valence-electron chi connectivity index (χ0n) is 11.2. The number of hydrogen-bond donors (Lipinski definition) is 0. The standard InChI is InChI=1S/C18H17Br/c1-12(2)16-11-13-7-3-4-8-14(13)18(16)15-9-5-6-10-17(15)19/h3-12,18H,1-2H3. The van der Waals surface area contributed by atoms with Crippen LogP contribution in [0.15, 0.2) is 58.6 Å². The molecule has 2 aromatic rings. The van der Waals surface area contributed by atoms with Gasteiger partial charge in [0, 0.05) is 10.4 Å². The minimum atomic E-state index is 0.395. The highest BCUT2D eigenvalue weighted by molar-refractivity contribution is 9.10. The molecule has 1 aliphatic rings. The predicted molar refractivity (Wildman–Crippen MR) is 85.2 cm³/mol. The summed E-state index contributed by atoms with van der Waals surface area (Å²) in [5.74, 6) is 0.955. The molecule has 0 fully saturated rings. The second-order valence-electron chi connectivity index (χ2n) is 5.38. The number of fused-ring (bicyclic) bond motifs is 1. The molecule has 0 aliphatic heterocycles. The zero-order chi connectivity index (χ0) is 13.4. The van der Waals surface area contributed by atoms with E-state index in [0.29, 0.717) is 11.8 Å². The van der Waals surface area contributed by atoms with Gasteiger partial charge in [-0.3, -0.25) is 0 Å². The molecule has 0 bridgehead atoms. The van der Waals surface area contributed by atoms with Crippen molar-refractivity contribution >= 4 is 22.0 Å². The summed E-state index contributed by atoms with van der Waals surface area (Å²) in [6, 6.07) is 17.3. The number of rotatable bonds is 2. The van der Waals surface area contributed by atoms with Gasteiger partial charge in [-0.25, -0.2) is 0 Å². The first-order valence-corrected chi connectivity index (χ1v) is 7.52. The van der Waals surface area contributed by atoms with E-state index < -0.39 is 0 Å². The smallest absolute Gasteiger partial charge is 0.0321 e. The lowest BCUT2D eigenvalue weighted by atomic mass is 9.84. The van der Waals surface area contributed by atoms with Crippen LogP contribution in [-0.4, -0.2) is 0 Å². The fourth-order valence-corrected chi connectivity index (χ4v) is 3.42. The van der Waals surface area contributed by atoms with Gasteiger partial charge in [0.2, 0.25) is 0 Å². The van der Waals surface area contributed by atoms with Crippen LogP contribution in [-0.2, 0) is 0 Å². The molecule has 0 radical (unpaired) electrons. The van der Waals surface area contributed by atoms with E-state index in [1.165, 1.54) is 26.7 Å². The Kier molecular flexibility index (Phi) is 3.32. The first-order chi connectivity index (χ1) is 9.18. The van der Waals surface area contributed by atoms with Crippen LogP contribution >= 0.6 is 15.9 Å². The van der Waals surface area contributed by atoms with Gasteiger partial charge in [0.25, 0.3) is 0 Å². The molecule has 3 rings (SSSR count). The lowest BCUT2D eigenvalue weighted by Crippen LogP contribution is -2.06. The zero-order valence-corrected chi connectivity index (χ0v) is 12.8. The molecular weight excluding hydrogens is 296 g/mol. The lowest BCUT2D eigenvalue weighted by Gasteiger charge is -2.21. The van der Waals surface area contributed by atoms with Crippen molar-refractivity contribution in [1.82, 2.24) is 0 Å². The Bertz CT molecular complexity index is 638. The summed E-state index contributed by atoms with van der Waals surface area (Å²) >= 11 is 3.71. The van der Waals surface area contributed by atoms with E-state index in [1.807, 2.05) is 0 Å². The van der Waals surface area contributed by atoms with Gasteiger partial charge < -0.3 is 0 Å². The average molecular weight is 313 g/mol. The molecule has 0 spiro atoms. The van der Waals surface area contributed by atoms with Crippen molar-refractivity contribution in [3.8, 4) is 0 Å². The van der Waals surface area contributed by atoms with E-state index >= 15 is 0 Å². The molecule has 1 unspecified atom stereocenters. The third-order valence-corrected chi connectivity index (χ3v) is 4.57. The number of halogens is 1. The fraction of sp³-hybridized carbons (Fsp3) is 0.222. The highest BCUT2D eigenvalue weighted by atomic mass is 79.9. The number of hydrogen-bond acceptors (Lipinski definition) is 0. The molecule has 19 heavy (non-hydrogen) atoms. The topological polar surface area (TPSA) is 0 Å². The van der Waals surface area contributed by atoms with Crippen molar-refractivity contribution in [2.45, 2.75) is 19.8 Å². The van der Waals surface area contributed by atoms with Crippen molar-refractivity contribution in [2.75, 3.05) is 0 Å². The van der Waals surface area contributed by atoms with Gasteiger partial charge in [0.05, 0.1) is 0 Å². The fourth-order valence-electron chi connectivity index (χ4n) is 2.90. The minimum absolute atomic E-state index is 0.395. The average Bonchev–Trinajstić information content (AvgIpc) is 2.79. The Morgan fingerprint density at radius 3 is 2.21 bits per heavy atom. The van der Waals surface area contributed by atoms with Crippen molar-refractivity contribution in [1.29, 1.82) is 0 Å². The van der Waals surface area contributed by atoms with Gasteiger partial charge in [0.15, 0.2) is 0 Å². The quantitative estimate of drug-likeness (QED) is 0.673. The van der Waals surface area contributed by atoms with Crippen molar-refractivity contribution in [3.63, 3.8) is 0 Å². The van der Waals surface area contributed by atoms with Gasteiger partial charge >= 0.3 is 0 Å². The van der Waals surface area contributed by atoms with Crippen LogP contribution in [0.2, 0.25) is 0 Å². The number of benzene rings is 2. The van der Waals surface area contributed by atoms with Crippen LogP contribution in [0.5, 0.6) is 0 Å². The second kappa shape index (κ2) is 4.97. The van der Waals surface area contributed by atoms with Gasteiger partial charge in [0.1, 0.15) is 0 Å². The normalized spacial score (nSPS) is 17.5. The molecule has 0 aromatic heterocycles. The Hall–Kier alpha value is -1.34. The maximum absolute atomic E-state index is 3.71. The van der Waals surface area contributed by atoms with E-state index in [1.54, 1.807) is 0 Å². The van der Waals surface area contributed by atoms with E-state index in [2.05, 4.69) is 84.4 Å². The molecule has 96 valence electrons. The molecule has 1 atom stereocenters. The molecule has 0 N–H and O–H groups in total. The van der Waals surface area contributed by atoms with Crippen molar-refractivity contribution in [2.24, 2.45) is 5.92 Å². The van der Waals surface area contributed by atoms with Crippen LogP contribution in [0.1, 0.15) is 36.5 Å². The maximum atomic E-state index is 3.71. The van der Waals surface area contributed by atoms with Crippen molar-refractivity contribution in [3.05, 3.63) is 75.3 Å². The van der Waals surface area contributed by atoms with Crippen LogP contribution in [0.3, 0.4) is 0 Å². The summed E-state index contributed by atoms with van der Waals surface area (Å²) in [6.07, 6.45) is 2.37. The third kappa shape index (κ3) is 2.17. The highest BCUT2D eigenvalue weighted by Gasteiger charge is 2.29. The Morgan fingerprint density at radius 2 is 1.53 bits per heavy atom. The Labute approximate surface area is 123 Å². The Morgan fingerprint density at radius 1 is 0.895 bits per heavy atom. The molecule has 0 amide bonds. The van der Waals surface area contributed by atoms with E-state index in [4.69, 9.17) is 0 Å². The van der Waals surface area contributed by atoms with Crippen LogP contribution < -0.4 is 0 Å². The predicted octanol–water partition coefficient (Wildman–Crippen LogP) is 5.63. The molecule has 0 saturated heterocycles. The second-order valence-corrected chi connectivity index (χ2v) is 6.24. The van der Waals surface area contributed by atoms with Crippen molar-refractivity contribution < 1.29 is 0 Å². The summed E-state index contributed by atoms with van der Waals surface area (Å²) in [4.78, 5) is 0. The lowest BCUT2D eigenvalue weighted by molar-refractivity contribution is 0.715. The van der Waals surface area contributed by atoms with Crippen LogP contribution in [0, 0.1) is 5.92 Å². The SMILES string of the molecule is CC(C)C1=Cc2ccccc2C1c1ccccc1Br. The van der Waals surface area contributed by atoms with Gasteiger partial charge in [-0.15, -0.1) is 0 Å². The molecule has 1 aliphatic carbocycles. The molecule has 0 saturated carbocycles. The van der Waals surface area contributed by atoms with Crippen LogP contribution in [0.25, 0.3) is 6.08 Å². The summed E-state index contributed by atoms with van der Waals surface area (Å²) in [6.45, 7) is 4.56. The summed E-state index contributed by atoms with van der Waals surface area (Å²) in [5, 5.41) is 0. The van der Waals surface area contributed by atoms with E-state index in [0.717, 1.165) is 0 Å². The van der Waals surface area contributed by atoms with E-state index in [9.17, 15) is 0 Å². The highest BCUT2D eigenvalue weighted by Crippen LogP contribution is 2.45. The third-order valence-electron chi connectivity index (χ3n) is 3.85. The Balaban J connectivity index is 2.18. The monoisotopic (exact) mass is 312 g/mol. The van der Waals surface area contributed by atoms with Gasteiger partial charge in [-0.2, -0.15) is 0 Å². The summed E-state index contributed by atoms with van der Waals surface area (Å²) in [5.41, 5.74) is 5.67. The van der Waals surface area contributed by atoms with Gasteiger partial charge in [-0.05, 0) is 28.7 Å². The number of allylic oxidation sites excluding steroid dienone is 1. The minimum Gasteiger partial charge on any atom is -0.0619 e. The molecule has 0 heterocycles. The maximum Gasteiger partial charge on any atom is 0.0321 e.